The molecule has 0 spiro atoms. The van der Waals surface area contributed by atoms with Crippen LogP contribution in [0.3, 0.4) is 0 Å². The topological polar surface area (TPSA) is 26.3 Å². The van der Waals surface area contributed by atoms with Gasteiger partial charge in [-0.15, -0.1) is 0 Å². The minimum Gasteiger partial charge on any atom is -0.455 e. The Kier molecular flexibility index (Phi) is 3.20. The van der Waals surface area contributed by atoms with Crippen molar-refractivity contribution in [1.29, 1.82) is 0 Å². The van der Waals surface area contributed by atoms with Gasteiger partial charge < -0.3 is 4.74 Å². The summed E-state index contributed by atoms with van der Waals surface area (Å²) in [5, 5.41) is 0. The number of benzene rings is 1. The molecule has 1 aromatic carbocycles. The van der Waals surface area contributed by atoms with Crippen molar-refractivity contribution in [3.05, 3.63) is 53.6 Å². The summed E-state index contributed by atoms with van der Waals surface area (Å²) >= 11 is 0. The fourth-order valence-corrected chi connectivity index (χ4v) is 1.69. The number of ether oxygens (including phenoxy) is 1. The average molecular weight is 214 g/mol. The number of esters is 1. The first-order valence-corrected chi connectivity index (χ1v) is 5.35. The second-order valence-corrected chi connectivity index (χ2v) is 3.94. The van der Waals surface area contributed by atoms with Crippen molar-refractivity contribution in [1.82, 2.24) is 0 Å². The number of carbonyl (C=O) groups excluding carboxylic acids is 1. The van der Waals surface area contributed by atoms with Crippen LogP contribution in [0.2, 0.25) is 0 Å². The zero-order valence-electron chi connectivity index (χ0n) is 9.22. The standard InChI is InChI=1S/C14H14O2/c1-11-9-13(16-14(15)10-11)8-7-12-5-3-2-4-6-12/h2-8,10,13H,9H2,1H3/b8-7+. The summed E-state index contributed by atoms with van der Waals surface area (Å²) in [6.45, 7) is 1.95. The van der Waals surface area contributed by atoms with E-state index in [4.69, 9.17) is 4.74 Å². The molecule has 82 valence electrons. The summed E-state index contributed by atoms with van der Waals surface area (Å²) in [5.41, 5.74) is 2.18. The highest BCUT2D eigenvalue weighted by Gasteiger charge is 2.16. The van der Waals surface area contributed by atoms with Crippen molar-refractivity contribution in [2.75, 3.05) is 0 Å². The van der Waals surface area contributed by atoms with Gasteiger partial charge >= 0.3 is 5.97 Å². The molecule has 0 amide bonds. The molecule has 16 heavy (non-hydrogen) atoms. The smallest absolute Gasteiger partial charge is 0.331 e. The van der Waals surface area contributed by atoms with Gasteiger partial charge in [0.05, 0.1) is 0 Å². The first-order chi connectivity index (χ1) is 7.74. The molecule has 1 aliphatic heterocycles. The third-order valence-corrected chi connectivity index (χ3v) is 2.46. The van der Waals surface area contributed by atoms with E-state index in [1.807, 2.05) is 49.4 Å². The fourth-order valence-electron chi connectivity index (χ4n) is 1.69. The minimum absolute atomic E-state index is 0.127. The zero-order valence-corrected chi connectivity index (χ0v) is 9.22. The van der Waals surface area contributed by atoms with Gasteiger partial charge in [0, 0.05) is 12.5 Å². The Bertz CT molecular complexity index is 429. The highest BCUT2D eigenvalue weighted by Crippen LogP contribution is 2.16. The lowest BCUT2D eigenvalue weighted by molar-refractivity contribution is -0.141. The lowest BCUT2D eigenvalue weighted by atomic mass is 10.1. The lowest BCUT2D eigenvalue weighted by Gasteiger charge is -2.18. The van der Waals surface area contributed by atoms with Gasteiger partial charge in [-0.2, -0.15) is 0 Å². The van der Waals surface area contributed by atoms with E-state index in [1.165, 1.54) is 0 Å². The van der Waals surface area contributed by atoms with Crippen molar-refractivity contribution in [3.63, 3.8) is 0 Å². The SMILES string of the molecule is CC1=CC(=O)OC(/C=C/c2ccccc2)C1. The molecule has 2 heteroatoms. The van der Waals surface area contributed by atoms with E-state index in [1.54, 1.807) is 6.08 Å². The number of hydrogen-bond donors (Lipinski definition) is 0. The third kappa shape index (κ3) is 2.83. The van der Waals surface area contributed by atoms with Crippen LogP contribution in [0.4, 0.5) is 0 Å². The monoisotopic (exact) mass is 214 g/mol. The maximum absolute atomic E-state index is 11.2. The third-order valence-electron chi connectivity index (χ3n) is 2.46. The van der Waals surface area contributed by atoms with Crippen LogP contribution < -0.4 is 0 Å². The van der Waals surface area contributed by atoms with Crippen molar-refractivity contribution >= 4 is 12.0 Å². The molecular weight excluding hydrogens is 200 g/mol. The Balaban J connectivity index is 2.03. The minimum atomic E-state index is -0.244. The maximum atomic E-state index is 11.2. The molecule has 2 rings (SSSR count). The highest BCUT2D eigenvalue weighted by molar-refractivity contribution is 5.84. The second-order valence-electron chi connectivity index (χ2n) is 3.94. The van der Waals surface area contributed by atoms with E-state index in [2.05, 4.69) is 0 Å². The van der Waals surface area contributed by atoms with E-state index in [-0.39, 0.29) is 12.1 Å². The van der Waals surface area contributed by atoms with Crippen molar-refractivity contribution in [2.45, 2.75) is 19.4 Å². The van der Waals surface area contributed by atoms with E-state index in [0.29, 0.717) is 0 Å². The van der Waals surface area contributed by atoms with Crippen LogP contribution in [0.1, 0.15) is 18.9 Å². The molecule has 1 atom stereocenters. The van der Waals surface area contributed by atoms with Crippen LogP contribution in [0.5, 0.6) is 0 Å². The molecule has 0 saturated heterocycles. The molecule has 0 bridgehead atoms. The predicted octanol–water partition coefficient (Wildman–Crippen LogP) is 2.96. The Labute approximate surface area is 95.2 Å². The van der Waals surface area contributed by atoms with E-state index in [9.17, 15) is 4.79 Å². The number of hydrogen-bond acceptors (Lipinski definition) is 2. The molecule has 0 fully saturated rings. The quantitative estimate of drug-likeness (QED) is 0.707. The normalized spacial score (nSPS) is 20.7. The van der Waals surface area contributed by atoms with Gasteiger partial charge in [-0.05, 0) is 18.6 Å². The molecule has 0 aliphatic carbocycles. The average Bonchev–Trinajstić information content (AvgIpc) is 2.27. The molecule has 1 aliphatic rings. The summed E-state index contributed by atoms with van der Waals surface area (Å²) in [6, 6.07) is 9.98. The Morgan fingerprint density at radius 1 is 1.31 bits per heavy atom. The summed E-state index contributed by atoms with van der Waals surface area (Å²) < 4.78 is 5.18. The van der Waals surface area contributed by atoms with Gasteiger partial charge in [-0.25, -0.2) is 4.79 Å². The zero-order chi connectivity index (χ0) is 11.4. The molecule has 0 saturated carbocycles. The van der Waals surface area contributed by atoms with Crippen LogP contribution in [0, 0.1) is 0 Å². The molecule has 1 unspecified atom stereocenters. The van der Waals surface area contributed by atoms with Gasteiger partial charge in [-0.1, -0.05) is 42.0 Å². The largest absolute Gasteiger partial charge is 0.455 e. The summed E-state index contributed by atoms with van der Waals surface area (Å²) in [5.74, 6) is -0.244. The Morgan fingerprint density at radius 3 is 2.75 bits per heavy atom. The Morgan fingerprint density at radius 2 is 2.06 bits per heavy atom. The number of carbonyl (C=O) groups is 1. The molecular formula is C14H14O2. The molecule has 2 nitrogen and oxygen atoms in total. The van der Waals surface area contributed by atoms with Gasteiger partial charge in [0.2, 0.25) is 0 Å². The van der Waals surface area contributed by atoms with Crippen molar-refractivity contribution < 1.29 is 9.53 Å². The van der Waals surface area contributed by atoms with E-state index < -0.39 is 0 Å². The van der Waals surface area contributed by atoms with Crippen LogP contribution in [-0.2, 0) is 9.53 Å². The summed E-state index contributed by atoms with van der Waals surface area (Å²) in [7, 11) is 0. The summed E-state index contributed by atoms with van der Waals surface area (Å²) in [4.78, 5) is 11.2. The molecule has 0 radical (unpaired) electrons. The number of rotatable bonds is 2. The van der Waals surface area contributed by atoms with E-state index in [0.717, 1.165) is 17.6 Å². The molecule has 1 aromatic rings. The first kappa shape index (κ1) is 10.7. The van der Waals surface area contributed by atoms with Gasteiger partial charge in [0.1, 0.15) is 6.10 Å². The molecule has 0 aromatic heterocycles. The predicted molar refractivity (Wildman–Crippen MR) is 63.7 cm³/mol. The summed E-state index contributed by atoms with van der Waals surface area (Å²) in [6.07, 6.45) is 6.13. The molecule has 0 N–H and O–H groups in total. The number of cyclic esters (lactones) is 1. The lowest BCUT2D eigenvalue weighted by Crippen LogP contribution is -2.19. The first-order valence-electron chi connectivity index (χ1n) is 5.35. The van der Waals surface area contributed by atoms with Crippen LogP contribution in [0.25, 0.3) is 6.08 Å². The van der Waals surface area contributed by atoms with Crippen LogP contribution in [-0.4, -0.2) is 12.1 Å². The Hall–Kier alpha value is -1.83. The molecule has 1 heterocycles. The van der Waals surface area contributed by atoms with Gasteiger partial charge in [-0.3, -0.25) is 0 Å². The van der Waals surface area contributed by atoms with E-state index >= 15 is 0 Å². The fraction of sp³-hybridized carbons (Fsp3) is 0.214. The van der Waals surface area contributed by atoms with Gasteiger partial charge in [0.15, 0.2) is 0 Å². The van der Waals surface area contributed by atoms with Crippen LogP contribution in [0.15, 0.2) is 48.1 Å². The van der Waals surface area contributed by atoms with Gasteiger partial charge in [0.25, 0.3) is 0 Å². The maximum Gasteiger partial charge on any atom is 0.331 e. The van der Waals surface area contributed by atoms with Crippen molar-refractivity contribution in [2.24, 2.45) is 0 Å². The van der Waals surface area contributed by atoms with Crippen LogP contribution >= 0.6 is 0 Å². The highest BCUT2D eigenvalue weighted by atomic mass is 16.5. The van der Waals surface area contributed by atoms with Crippen molar-refractivity contribution in [3.8, 4) is 0 Å². The second kappa shape index (κ2) is 4.79.